The van der Waals surface area contributed by atoms with E-state index in [-0.39, 0.29) is 0 Å². The molecule has 2 heterocycles. The molecule has 2 rings (SSSR count). The van der Waals surface area contributed by atoms with Crippen molar-refractivity contribution in [3.05, 3.63) is 6.20 Å². The Bertz CT molecular complexity index is 550. The highest BCUT2D eigenvalue weighted by Gasteiger charge is 2.13. The van der Waals surface area contributed by atoms with Gasteiger partial charge in [0, 0.05) is 12.6 Å². The van der Waals surface area contributed by atoms with Crippen molar-refractivity contribution >= 4 is 28.6 Å². The van der Waals surface area contributed by atoms with E-state index < -0.39 is 0 Å². The van der Waals surface area contributed by atoms with Crippen molar-refractivity contribution in [2.24, 2.45) is 5.73 Å². The second kappa shape index (κ2) is 6.21. The molecule has 7 heteroatoms. The molecule has 0 aliphatic carbocycles. The van der Waals surface area contributed by atoms with Gasteiger partial charge in [-0.2, -0.15) is 5.10 Å². The highest BCUT2D eigenvalue weighted by Crippen LogP contribution is 2.24. The average molecular weight is 280 g/mol. The number of fused-ring (bicyclic) bond motifs is 1. The van der Waals surface area contributed by atoms with E-state index in [1.165, 1.54) is 0 Å². The molecule has 2 aromatic heterocycles. The van der Waals surface area contributed by atoms with E-state index in [9.17, 15) is 0 Å². The van der Waals surface area contributed by atoms with Crippen LogP contribution >= 0.6 is 11.8 Å². The van der Waals surface area contributed by atoms with Crippen molar-refractivity contribution in [1.82, 2.24) is 19.7 Å². The molecule has 0 aliphatic heterocycles. The highest BCUT2D eigenvalue weighted by atomic mass is 32.2. The zero-order chi connectivity index (χ0) is 13.8. The summed E-state index contributed by atoms with van der Waals surface area (Å²) in [5, 5.41) is 9.41. The van der Waals surface area contributed by atoms with Crippen LogP contribution in [0.3, 0.4) is 0 Å². The molecule has 19 heavy (non-hydrogen) atoms. The fourth-order valence-electron chi connectivity index (χ4n) is 1.80. The number of thioether (sulfide) groups is 1. The summed E-state index contributed by atoms with van der Waals surface area (Å²) < 4.78 is 1.84. The molecule has 0 aliphatic rings. The predicted octanol–water partition coefficient (Wildman–Crippen LogP) is 1.72. The minimum atomic E-state index is 0.315. The maximum Gasteiger partial charge on any atom is 0.191 e. The van der Waals surface area contributed by atoms with Gasteiger partial charge in [-0.25, -0.2) is 14.6 Å². The summed E-state index contributed by atoms with van der Waals surface area (Å²) in [6, 6.07) is 0.315. The molecule has 0 fully saturated rings. The van der Waals surface area contributed by atoms with Crippen LogP contribution in [0.1, 0.15) is 20.8 Å². The van der Waals surface area contributed by atoms with Gasteiger partial charge in [0.1, 0.15) is 5.82 Å². The number of rotatable bonds is 6. The number of aromatic nitrogens is 4. The Hall–Kier alpha value is -1.34. The number of anilines is 1. The predicted molar refractivity (Wildman–Crippen MR) is 79.5 cm³/mol. The first kappa shape index (κ1) is 14.1. The van der Waals surface area contributed by atoms with Crippen LogP contribution in [0, 0.1) is 0 Å². The van der Waals surface area contributed by atoms with Crippen molar-refractivity contribution in [3.63, 3.8) is 0 Å². The van der Waals surface area contributed by atoms with E-state index in [2.05, 4.69) is 41.2 Å². The number of hydrogen-bond donors (Lipinski definition) is 2. The summed E-state index contributed by atoms with van der Waals surface area (Å²) in [4.78, 5) is 9.13. The van der Waals surface area contributed by atoms with E-state index in [1.807, 2.05) is 4.68 Å². The summed E-state index contributed by atoms with van der Waals surface area (Å²) in [7, 11) is 0. The third kappa shape index (κ3) is 3.16. The Morgan fingerprint density at radius 3 is 2.84 bits per heavy atom. The van der Waals surface area contributed by atoms with Crippen LogP contribution in [0.2, 0.25) is 0 Å². The number of hydrogen-bond acceptors (Lipinski definition) is 6. The lowest BCUT2D eigenvalue weighted by Crippen LogP contribution is -2.14. The van der Waals surface area contributed by atoms with Crippen LogP contribution in [-0.2, 0) is 6.54 Å². The van der Waals surface area contributed by atoms with Gasteiger partial charge >= 0.3 is 0 Å². The number of nitrogens with one attached hydrogen (secondary N) is 1. The maximum atomic E-state index is 5.60. The largest absolute Gasteiger partial charge is 0.367 e. The molecule has 0 amide bonds. The molecule has 0 atom stereocenters. The van der Waals surface area contributed by atoms with E-state index >= 15 is 0 Å². The quantitative estimate of drug-likeness (QED) is 0.619. The Morgan fingerprint density at radius 2 is 2.21 bits per heavy atom. The molecule has 0 aromatic carbocycles. The number of nitrogens with two attached hydrogens (primary N) is 1. The normalized spacial score (nSPS) is 11.4. The van der Waals surface area contributed by atoms with Gasteiger partial charge in [-0.3, -0.25) is 0 Å². The van der Waals surface area contributed by atoms with Gasteiger partial charge in [-0.05, 0) is 19.6 Å². The van der Waals surface area contributed by atoms with Gasteiger partial charge in [0.05, 0.1) is 18.1 Å². The SMILES string of the molecule is CCSc1nc(NC(C)C)c2cnn(CCN)c2n1. The van der Waals surface area contributed by atoms with Crippen LogP contribution in [0.5, 0.6) is 0 Å². The summed E-state index contributed by atoms with van der Waals surface area (Å²) in [5.74, 6) is 1.79. The monoisotopic (exact) mass is 280 g/mol. The second-order valence-electron chi connectivity index (χ2n) is 4.48. The standard InChI is InChI=1S/C12H20N6S/c1-4-19-12-16-10(15-8(2)3)9-7-14-18(6-5-13)11(9)17-12/h7-8H,4-6,13H2,1-3H3,(H,15,16,17). The van der Waals surface area contributed by atoms with Gasteiger partial charge in [0.25, 0.3) is 0 Å². The zero-order valence-corrected chi connectivity index (χ0v) is 12.4. The van der Waals surface area contributed by atoms with Gasteiger partial charge in [0.15, 0.2) is 10.8 Å². The molecule has 0 saturated heterocycles. The lowest BCUT2D eigenvalue weighted by molar-refractivity contribution is 0.637. The topological polar surface area (TPSA) is 81.7 Å². The smallest absolute Gasteiger partial charge is 0.191 e. The number of nitrogens with zero attached hydrogens (tertiary/aromatic N) is 4. The third-order valence-corrected chi connectivity index (χ3v) is 3.24. The van der Waals surface area contributed by atoms with Crippen molar-refractivity contribution in [2.75, 3.05) is 17.6 Å². The highest BCUT2D eigenvalue weighted by molar-refractivity contribution is 7.99. The molecule has 0 spiro atoms. The van der Waals surface area contributed by atoms with Gasteiger partial charge in [-0.1, -0.05) is 18.7 Å². The minimum absolute atomic E-state index is 0.315. The third-order valence-electron chi connectivity index (χ3n) is 2.52. The van der Waals surface area contributed by atoms with Crippen LogP contribution in [-0.4, -0.2) is 38.1 Å². The van der Waals surface area contributed by atoms with Crippen LogP contribution in [0.4, 0.5) is 5.82 Å². The molecule has 104 valence electrons. The molecule has 2 aromatic rings. The lowest BCUT2D eigenvalue weighted by Gasteiger charge is -2.11. The first-order valence-electron chi connectivity index (χ1n) is 6.48. The van der Waals surface area contributed by atoms with Gasteiger partial charge in [-0.15, -0.1) is 0 Å². The summed E-state index contributed by atoms with van der Waals surface area (Å²) in [6.45, 7) is 7.47. The van der Waals surface area contributed by atoms with Crippen LogP contribution in [0.25, 0.3) is 11.0 Å². The van der Waals surface area contributed by atoms with E-state index in [0.29, 0.717) is 19.1 Å². The van der Waals surface area contributed by atoms with E-state index in [0.717, 1.165) is 27.8 Å². The van der Waals surface area contributed by atoms with Crippen molar-refractivity contribution in [2.45, 2.75) is 38.5 Å². The fraction of sp³-hybridized carbons (Fsp3) is 0.583. The Labute approximate surface area is 117 Å². The van der Waals surface area contributed by atoms with Crippen molar-refractivity contribution in [3.8, 4) is 0 Å². The molecule has 0 saturated carbocycles. The van der Waals surface area contributed by atoms with E-state index in [1.54, 1.807) is 18.0 Å². The Kier molecular flexibility index (Phi) is 4.60. The molecular weight excluding hydrogens is 260 g/mol. The molecule has 0 unspecified atom stereocenters. The maximum absolute atomic E-state index is 5.60. The second-order valence-corrected chi connectivity index (χ2v) is 5.71. The van der Waals surface area contributed by atoms with Crippen molar-refractivity contribution < 1.29 is 0 Å². The average Bonchev–Trinajstić information content (AvgIpc) is 2.73. The molecule has 3 N–H and O–H groups in total. The Balaban J connectivity index is 2.51. The lowest BCUT2D eigenvalue weighted by atomic mass is 10.3. The summed E-state index contributed by atoms with van der Waals surface area (Å²) in [6.07, 6.45) is 1.80. The van der Waals surface area contributed by atoms with Gasteiger partial charge < -0.3 is 11.1 Å². The fourth-order valence-corrected chi connectivity index (χ4v) is 2.36. The zero-order valence-electron chi connectivity index (χ0n) is 11.6. The van der Waals surface area contributed by atoms with Gasteiger partial charge in [0.2, 0.25) is 0 Å². The molecule has 0 radical (unpaired) electrons. The minimum Gasteiger partial charge on any atom is -0.367 e. The van der Waals surface area contributed by atoms with Crippen LogP contribution in [0.15, 0.2) is 11.4 Å². The van der Waals surface area contributed by atoms with E-state index in [4.69, 9.17) is 5.73 Å². The van der Waals surface area contributed by atoms with Crippen LogP contribution < -0.4 is 11.1 Å². The molecular formula is C12H20N6S. The molecule has 6 nitrogen and oxygen atoms in total. The molecule has 0 bridgehead atoms. The summed E-state index contributed by atoms with van der Waals surface area (Å²) in [5.41, 5.74) is 6.45. The first-order chi connectivity index (χ1) is 9.15. The van der Waals surface area contributed by atoms with Crippen molar-refractivity contribution in [1.29, 1.82) is 0 Å². The summed E-state index contributed by atoms with van der Waals surface area (Å²) >= 11 is 1.63. The first-order valence-corrected chi connectivity index (χ1v) is 7.47. The Morgan fingerprint density at radius 1 is 1.42 bits per heavy atom.